The number of methoxy groups -OCH3 is 1. The van der Waals surface area contributed by atoms with Crippen molar-refractivity contribution in [3.63, 3.8) is 0 Å². The van der Waals surface area contributed by atoms with Crippen molar-refractivity contribution < 1.29 is 23.8 Å². The first kappa shape index (κ1) is 15.7. The molecule has 0 amide bonds. The highest BCUT2D eigenvalue weighted by atomic mass is 19.1. The molecular weight excluding hydrogens is 277 g/mol. The van der Waals surface area contributed by atoms with Crippen LogP contribution in [0.15, 0.2) is 24.3 Å². The van der Waals surface area contributed by atoms with E-state index in [1.807, 2.05) is 4.90 Å². The Bertz CT molecular complexity index is 496. The van der Waals surface area contributed by atoms with Gasteiger partial charge in [-0.05, 0) is 31.5 Å². The summed E-state index contributed by atoms with van der Waals surface area (Å²) in [5.74, 6) is -0.759. The summed E-state index contributed by atoms with van der Waals surface area (Å²) in [5.41, 5.74) is -0.556. The standard InChI is InChI=1S/C15H20FNO4/c1-20-15(6-3-7-17(10-15)9-14(18)19)11-21-13-5-2-4-12(16)8-13/h2,4-5,8H,3,6-7,9-11H2,1H3,(H,18,19)/t15-/m1/s1. The average molecular weight is 297 g/mol. The lowest BCUT2D eigenvalue weighted by Gasteiger charge is -2.40. The van der Waals surface area contributed by atoms with Crippen LogP contribution >= 0.6 is 0 Å². The Kier molecular flexibility index (Phi) is 5.14. The molecule has 0 aromatic heterocycles. The molecule has 1 N–H and O–H groups in total. The number of benzene rings is 1. The van der Waals surface area contributed by atoms with Crippen molar-refractivity contribution in [1.29, 1.82) is 0 Å². The molecule has 2 rings (SSSR count). The average Bonchev–Trinajstić information content (AvgIpc) is 2.45. The highest BCUT2D eigenvalue weighted by molar-refractivity contribution is 5.69. The first-order valence-corrected chi connectivity index (χ1v) is 6.91. The van der Waals surface area contributed by atoms with Gasteiger partial charge in [-0.25, -0.2) is 4.39 Å². The van der Waals surface area contributed by atoms with E-state index in [0.29, 0.717) is 12.3 Å². The molecule has 0 unspecified atom stereocenters. The van der Waals surface area contributed by atoms with Gasteiger partial charge in [0.05, 0.1) is 6.54 Å². The normalized spacial score (nSPS) is 23.0. The number of ether oxygens (including phenoxy) is 2. The second kappa shape index (κ2) is 6.87. The van der Waals surface area contributed by atoms with Gasteiger partial charge in [0, 0.05) is 19.7 Å². The smallest absolute Gasteiger partial charge is 0.317 e. The Morgan fingerprint density at radius 3 is 3.00 bits per heavy atom. The van der Waals surface area contributed by atoms with E-state index in [9.17, 15) is 9.18 Å². The number of carboxylic acids is 1. The van der Waals surface area contributed by atoms with Gasteiger partial charge in [-0.2, -0.15) is 0 Å². The zero-order valence-corrected chi connectivity index (χ0v) is 12.0. The number of rotatable bonds is 6. The summed E-state index contributed by atoms with van der Waals surface area (Å²) in [4.78, 5) is 12.7. The van der Waals surface area contributed by atoms with Crippen LogP contribution in [0, 0.1) is 5.82 Å². The molecule has 1 atom stereocenters. The fourth-order valence-electron chi connectivity index (χ4n) is 2.63. The van der Waals surface area contributed by atoms with Gasteiger partial charge in [-0.1, -0.05) is 6.07 Å². The van der Waals surface area contributed by atoms with Crippen LogP contribution in [0.3, 0.4) is 0 Å². The van der Waals surface area contributed by atoms with Gasteiger partial charge < -0.3 is 14.6 Å². The summed E-state index contributed by atoms with van der Waals surface area (Å²) in [5, 5.41) is 8.89. The van der Waals surface area contributed by atoms with Crippen LogP contribution in [0.5, 0.6) is 5.75 Å². The third-order valence-electron chi connectivity index (χ3n) is 3.71. The Balaban J connectivity index is 1.98. The Morgan fingerprint density at radius 1 is 1.52 bits per heavy atom. The number of halogens is 1. The molecule has 6 heteroatoms. The molecule has 1 aliphatic heterocycles. The molecule has 0 spiro atoms. The molecule has 0 saturated carbocycles. The van der Waals surface area contributed by atoms with E-state index in [1.165, 1.54) is 12.1 Å². The fraction of sp³-hybridized carbons (Fsp3) is 0.533. The number of hydrogen-bond donors (Lipinski definition) is 1. The minimum absolute atomic E-state index is 0.00885. The predicted molar refractivity (Wildman–Crippen MR) is 74.9 cm³/mol. The van der Waals surface area contributed by atoms with Gasteiger partial charge in [0.15, 0.2) is 0 Å². The van der Waals surface area contributed by atoms with Crippen molar-refractivity contribution in [3.05, 3.63) is 30.1 Å². The lowest BCUT2D eigenvalue weighted by molar-refractivity contribution is -0.141. The van der Waals surface area contributed by atoms with E-state index >= 15 is 0 Å². The number of hydrogen-bond acceptors (Lipinski definition) is 4. The van der Waals surface area contributed by atoms with Crippen molar-refractivity contribution in [2.24, 2.45) is 0 Å². The minimum Gasteiger partial charge on any atom is -0.490 e. The third kappa shape index (κ3) is 4.41. The van der Waals surface area contributed by atoms with Gasteiger partial charge in [0.2, 0.25) is 0 Å². The van der Waals surface area contributed by atoms with Crippen LogP contribution in [0.2, 0.25) is 0 Å². The lowest BCUT2D eigenvalue weighted by Crippen LogP contribution is -2.53. The van der Waals surface area contributed by atoms with E-state index in [2.05, 4.69) is 0 Å². The molecule has 1 fully saturated rings. The van der Waals surface area contributed by atoms with Gasteiger partial charge in [-0.3, -0.25) is 9.69 Å². The first-order chi connectivity index (χ1) is 10.0. The van der Waals surface area contributed by atoms with Gasteiger partial charge >= 0.3 is 5.97 Å². The molecule has 116 valence electrons. The zero-order chi connectivity index (χ0) is 15.3. The van der Waals surface area contributed by atoms with Crippen LogP contribution in [0.25, 0.3) is 0 Å². The maximum atomic E-state index is 13.1. The van der Waals surface area contributed by atoms with Gasteiger partial charge in [-0.15, -0.1) is 0 Å². The third-order valence-corrected chi connectivity index (χ3v) is 3.71. The molecule has 0 aliphatic carbocycles. The summed E-state index contributed by atoms with van der Waals surface area (Å²) in [6, 6.07) is 5.95. The fourth-order valence-corrected chi connectivity index (χ4v) is 2.63. The first-order valence-electron chi connectivity index (χ1n) is 6.91. The number of likely N-dealkylation sites (tertiary alicyclic amines) is 1. The van der Waals surface area contributed by atoms with Crippen molar-refractivity contribution in [3.8, 4) is 5.75 Å². The molecule has 1 aromatic rings. The topological polar surface area (TPSA) is 59.0 Å². The molecular formula is C15H20FNO4. The number of carbonyl (C=O) groups is 1. The number of carboxylic acid groups (broad SMARTS) is 1. The molecule has 1 saturated heterocycles. The van der Waals surface area contributed by atoms with E-state index < -0.39 is 11.6 Å². The summed E-state index contributed by atoms with van der Waals surface area (Å²) < 4.78 is 24.4. The van der Waals surface area contributed by atoms with Crippen LogP contribution in [0.1, 0.15) is 12.8 Å². The largest absolute Gasteiger partial charge is 0.490 e. The number of aliphatic carboxylic acids is 1. The van der Waals surface area contributed by atoms with Gasteiger partial charge in [0.1, 0.15) is 23.8 Å². The molecule has 0 radical (unpaired) electrons. The number of nitrogens with zero attached hydrogens (tertiary/aromatic N) is 1. The summed E-state index contributed by atoms with van der Waals surface area (Å²) >= 11 is 0. The monoisotopic (exact) mass is 297 g/mol. The molecule has 1 heterocycles. The van der Waals surface area contributed by atoms with Crippen molar-refractivity contribution in [2.45, 2.75) is 18.4 Å². The highest BCUT2D eigenvalue weighted by Gasteiger charge is 2.37. The maximum absolute atomic E-state index is 13.1. The quantitative estimate of drug-likeness (QED) is 0.867. The predicted octanol–water partition coefficient (Wildman–Crippen LogP) is 1.77. The highest BCUT2D eigenvalue weighted by Crippen LogP contribution is 2.26. The minimum atomic E-state index is -0.854. The van der Waals surface area contributed by atoms with Crippen LogP contribution in [-0.2, 0) is 9.53 Å². The number of piperidine rings is 1. The Morgan fingerprint density at radius 2 is 2.33 bits per heavy atom. The second-order valence-electron chi connectivity index (χ2n) is 5.34. The zero-order valence-electron chi connectivity index (χ0n) is 12.0. The van der Waals surface area contributed by atoms with E-state index in [-0.39, 0.29) is 19.0 Å². The van der Waals surface area contributed by atoms with Crippen LogP contribution in [-0.4, -0.2) is 54.9 Å². The van der Waals surface area contributed by atoms with E-state index in [0.717, 1.165) is 19.4 Å². The van der Waals surface area contributed by atoms with E-state index in [1.54, 1.807) is 19.2 Å². The summed E-state index contributed by atoms with van der Waals surface area (Å²) in [6.45, 7) is 1.48. The SMILES string of the molecule is CO[C@]1(COc2cccc(F)c2)CCCN(CC(=O)O)C1. The molecule has 1 aromatic carbocycles. The van der Waals surface area contributed by atoms with E-state index in [4.69, 9.17) is 14.6 Å². The molecule has 21 heavy (non-hydrogen) atoms. The van der Waals surface area contributed by atoms with Crippen molar-refractivity contribution in [1.82, 2.24) is 4.90 Å². The Labute approximate surface area is 123 Å². The molecule has 0 bridgehead atoms. The lowest BCUT2D eigenvalue weighted by atomic mass is 9.93. The van der Waals surface area contributed by atoms with Crippen molar-refractivity contribution >= 4 is 5.97 Å². The van der Waals surface area contributed by atoms with Crippen molar-refractivity contribution in [2.75, 3.05) is 33.4 Å². The summed E-state index contributed by atoms with van der Waals surface area (Å²) in [7, 11) is 1.60. The van der Waals surface area contributed by atoms with Crippen LogP contribution < -0.4 is 4.74 Å². The summed E-state index contributed by atoms with van der Waals surface area (Å²) in [6.07, 6.45) is 1.63. The Hall–Kier alpha value is -1.66. The van der Waals surface area contributed by atoms with Gasteiger partial charge in [0.25, 0.3) is 0 Å². The molecule has 1 aliphatic rings. The van der Waals surface area contributed by atoms with Crippen LogP contribution in [0.4, 0.5) is 4.39 Å². The maximum Gasteiger partial charge on any atom is 0.317 e. The second-order valence-corrected chi connectivity index (χ2v) is 5.34. The molecule has 5 nitrogen and oxygen atoms in total.